The van der Waals surface area contributed by atoms with Crippen LogP contribution in [-0.2, 0) is 4.74 Å². The zero-order chi connectivity index (χ0) is 20.1. The van der Waals surface area contributed by atoms with Crippen LogP contribution in [0.2, 0.25) is 0 Å². The number of aliphatic hydroxyl groups is 1. The Morgan fingerprint density at radius 1 is 1.50 bits per heavy atom. The second kappa shape index (κ2) is 9.53. The minimum absolute atomic E-state index is 0.174. The fourth-order valence-electron chi connectivity index (χ4n) is 3.12. The maximum absolute atomic E-state index is 12.3. The molecule has 2 aromatic rings. The number of fused-ring (bicyclic) bond motifs is 1. The Balaban J connectivity index is 1.74. The minimum Gasteiger partial charge on any atom is -0.391 e. The van der Waals surface area contributed by atoms with Crippen molar-refractivity contribution < 1.29 is 19.4 Å². The number of rotatable bonds is 7. The van der Waals surface area contributed by atoms with Gasteiger partial charge in [0.25, 0.3) is 0 Å². The number of hydrogen-bond acceptors (Lipinski definition) is 7. The van der Waals surface area contributed by atoms with Crippen LogP contribution in [0.1, 0.15) is 33.1 Å². The van der Waals surface area contributed by atoms with E-state index in [1.165, 1.54) is 4.52 Å². The van der Waals surface area contributed by atoms with Crippen molar-refractivity contribution in [1.29, 1.82) is 0 Å². The van der Waals surface area contributed by atoms with Gasteiger partial charge in [0, 0.05) is 25.8 Å². The van der Waals surface area contributed by atoms with Crippen LogP contribution < -0.4 is 15.4 Å². The first-order valence-electron chi connectivity index (χ1n) is 9.50. The molecule has 0 spiro atoms. The fraction of sp³-hybridized carbons (Fsp3) is 0.611. The molecule has 3 N–H and O–H groups in total. The molecule has 9 nitrogen and oxygen atoms in total. The van der Waals surface area contributed by atoms with Crippen molar-refractivity contribution in [2.75, 3.05) is 25.1 Å². The zero-order valence-corrected chi connectivity index (χ0v) is 17.6. The fourth-order valence-corrected chi connectivity index (χ4v) is 3.47. The Morgan fingerprint density at radius 2 is 2.25 bits per heavy atom. The van der Waals surface area contributed by atoms with Gasteiger partial charge in [0.1, 0.15) is 5.82 Å². The molecule has 1 saturated heterocycles. The lowest BCUT2D eigenvalue weighted by Gasteiger charge is -2.22. The summed E-state index contributed by atoms with van der Waals surface area (Å²) in [6.45, 7) is 5.69. The van der Waals surface area contributed by atoms with Gasteiger partial charge in [-0.3, -0.25) is 0 Å². The summed E-state index contributed by atoms with van der Waals surface area (Å²) >= 11 is 3.41. The summed E-state index contributed by atoms with van der Waals surface area (Å²) < 4.78 is 13.0. The maximum Gasteiger partial charge on any atom is 0.413 e. The van der Waals surface area contributed by atoms with Crippen LogP contribution in [0.25, 0.3) is 5.65 Å². The summed E-state index contributed by atoms with van der Waals surface area (Å²) in [4.78, 5) is 16.8. The number of carbonyl (C=O) groups is 1. The van der Waals surface area contributed by atoms with E-state index in [0.29, 0.717) is 34.8 Å². The molecule has 0 bridgehead atoms. The molecule has 0 radical (unpaired) electrons. The van der Waals surface area contributed by atoms with E-state index < -0.39 is 12.2 Å². The predicted molar refractivity (Wildman–Crippen MR) is 108 cm³/mol. The lowest BCUT2D eigenvalue weighted by atomic mass is 10.0. The smallest absolute Gasteiger partial charge is 0.391 e. The number of nitrogens with zero attached hydrogens (tertiary/aromatic N) is 3. The molecule has 1 aliphatic heterocycles. The third kappa shape index (κ3) is 5.12. The van der Waals surface area contributed by atoms with Crippen LogP contribution in [0.5, 0.6) is 5.88 Å². The lowest BCUT2D eigenvalue weighted by Crippen LogP contribution is -2.34. The van der Waals surface area contributed by atoms with Gasteiger partial charge in [-0.1, -0.05) is 6.92 Å². The van der Waals surface area contributed by atoms with Crippen molar-refractivity contribution in [3.05, 3.63) is 16.7 Å². The van der Waals surface area contributed by atoms with E-state index >= 15 is 0 Å². The number of halogens is 1. The van der Waals surface area contributed by atoms with Crippen LogP contribution >= 0.6 is 15.9 Å². The molecule has 2 unspecified atom stereocenters. The van der Waals surface area contributed by atoms with E-state index in [0.717, 1.165) is 26.1 Å². The van der Waals surface area contributed by atoms with E-state index in [-0.39, 0.29) is 11.9 Å². The average Bonchev–Trinajstić information content (AvgIpc) is 3.06. The van der Waals surface area contributed by atoms with Crippen molar-refractivity contribution in [2.24, 2.45) is 5.92 Å². The number of aliphatic hydroxyl groups excluding tert-OH is 1. The summed E-state index contributed by atoms with van der Waals surface area (Å²) in [6.07, 6.45) is 3.06. The molecule has 0 aromatic carbocycles. The highest BCUT2D eigenvalue weighted by Crippen LogP contribution is 2.25. The minimum atomic E-state index is -0.552. The first kappa shape index (κ1) is 20.8. The van der Waals surface area contributed by atoms with Crippen molar-refractivity contribution in [3.63, 3.8) is 0 Å². The topological polar surface area (TPSA) is 110 Å². The first-order chi connectivity index (χ1) is 13.5. The second-order valence-electron chi connectivity index (χ2n) is 6.93. The number of carbonyl (C=O) groups excluding carboxylic acids is 1. The third-order valence-electron chi connectivity index (χ3n) is 4.82. The number of aromatic nitrogens is 3. The second-order valence-corrected chi connectivity index (χ2v) is 7.79. The van der Waals surface area contributed by atoms with Gasteiger partial charge in [-0.15, -0.1) is 0 Å². The predicted octanol–water partition coefficient (Wildman–Crippen LogP) is 2.58. The normalized spacial score (nSPS) is 17.3. The van der Waals surface area contributed by atoms with Gasteiger partial charge in [0.2, 0.25) is 5.88 Å². The Labute approximate surface area is 171 Å². The molecule has 3 rings (SSSR count). The van der Waals surface area contributed by atoms with Crippen LogP contribution in [0.3, 0.4) is 0 Å². The third-order valence-corrected chi connectivity index (χ3v) is 5.38. The SMILES string of the molecule is CCC(Nc1cc(OC(=O)NCC2CCOCC2)n2ncc(Br)c2n1)C(C)O. The number of ether oxygens (including phenoxy) is 2. The molecule has 1 fully saturated rings. The summed E-state index contributed by atoms with van der Waals surface area (Å²) in [7, 11) is 0. The van der Waals surface area contributed by atoms with E-state index in [1.807, 2.05) is 6.92 Å². The Hall–Kier alpha value is -1.91. The highest BCUT2D eigenvalue weighted by Gasteiger charge is 2.19. The molecular weight excluding hydrogens is 430 g/mol. The molecular formula is C18H26BrN5O4. The van der Waals surface area contributed by atoms with Gasteiger partial charge in [-0.2, -0.15) is 9.61 Å². The molecule has 28 heavy (non-hydrogen) atoms. The zero-order valence-electron chi connectivity index (χ0n) is 16.0. The van der Waals surface area contributed by atoms with Gasteiger partial charge in [0.15, 0.2) is 5.65 Å². The molecule has 1 aliphatic rings. The Morgan fingerprint density at radius 3 is 2.93 bits per heavy atom. The largest absolute Gasteiger partial charge is 0.413 e. The van der Waals surface area contributed by atoms with E-state index in [9.17, 15) is 9.90 Å². The van der Waals surface area contributed by atoms with Gasteiger partial charge >= 0.3 is 6.09 Å². The molecule has 0 saturated carbocycles. The quantitative estimate of drug-likeness (QED) is 0.588. The number of hydrogen-bond donors (Lipinski definition) is 3. The summed E-state index contributed by atoms with van der Waals surface area (Å²) in [5, 5.41) is 20.1. The highest BCUT2D eigenvalue weighted by atomic mass is 79.9. The van der Waals surface area contributed by atoms with Crippen LogP contribution in [-0.4, -0.2) is 57.7 Å². The molecule has 2 atom stereocenters. The maximum atomic E-state index is 12.3. The molecule has 2 aromatic heterocycles. The molecule has 3 heterocycles. The molecule has 0 aliphatic carbocycles. The average molecular weight is 456 g/mol. The van der Waals surface area contributed by atoms with E-state index in [1.54, 1.807) is 19.2 Å². The van der Waals surface area contributed by atoms with Gasteiger partial charge in [-0.25, -0.2) is 9.78 Å². The number of anilines is 1. The van der Waals surface area contributed by atoms with Crippen molar-refractivity contribution >= 4 is 33.5 Å². The lowest BCUT2D eigenvalue weighted by molar-refractivity contribution is 0.0662. The van der Waals surface area contributed by atoms with Crippen LogP contribution in [0.15, 0.2) is 16.7 Å². The van der Waals surface area contributed by atoms with Crippen molar-refractivity contribution in [2.45, 2.75) is 45.3 Å². The summed E-state index contributed by atoms with van der Waals surface area (Å²) in [5.74, 6) is 1.13. The van der Waals surface area contributed by atoms with Gasteiger partial charge in [-0.05, 0) is 48.0 Å². The number of amides is 1. The molecule has 1 amide bonds. The van der Waals surface area contributed by atoms with Crippen molar-refractivity contribution in [1.82, 2.24) is 19.9 Å². The molecule has 10 heteroatoms. The summed E-state index contributed by atoms with van der Waals surface area (Å²) in [5.41, 5.74) is 0.512. The van der Waals surface area contributed by atoms with Crippen molar-refractivity contribution in [3.8, 4) is 5.88 Å². The Kier molecular flexibility index (Phi) is 7.08. The van der Waals surface area contributed by atoms with Gasteiger partial charge in [0.05, 0.1) is 22.8 Å². The standard InChI is InChI=1S/C18H26BrN5O4/c1-3-14(11(2)25)22-15-8-16(24-17(23-15)13(19)10-21-24)28-18(26)20-9-12-4-6-27-7-5-12/h8,10-12,14,25H,3-7,9H2,1-2H3,(H,20,26)(H,22,23). The van der Waals surface area contributed by atoms with Crippen LogP contribution in [0, 0.1) is 5.92 Å². The van der Waals surface area contributed by atoms with E-state index in [4.69, 9.17) is 9.47 Å². The van der Waals surface area contributed by atoms with Crippen LogP contribution in [0.4, 0.5) is 10.6 Å². The highest BCUT2D eigenvalue weighted by molar-refractivity contribution is 9.10. The molecule has 154 valence electrons. The summed E-state index contributed by atoms with van der Waals surface area (Å²) in [6, 6.07) is 1.43. The number of nitrogens with one attached hydrogen (secondary N) is 2. The monoisotopic (exact) mass is 455 g/mol. The van der Waals surface area contributed by atoms with Gasteiger partial charge < -0.3 is 25.2 Å². The Bertz CT molecular complexity index is 807. The van der Waals surface area contributed by atoms with E-state index in [2.05, 4.69) is 36.6 Å². The first-order valence-corrected chi connectivity index (χ1v) is 10.3.